The third-order valence-electron chi connectivity index (χ3n) is 3.78. The van der Waals surface area contributed by atoms with Crippen LogP contribution in [0, 0.1) is 25.2 Å². The summed E-state index contributed by atoms with van der Waals surface area (Å²) in [6.45, 7) is 5.35. The second-order valence-electron chi connectivity index (χ2n) is 5.23. The van der Waals surface area contributed by atoms with Gasteiger partial charge in [-0.2, -0.15) is 5.26 Å². The molecule has 1 N–H and O–H groups in total. The van der Waals surface area contributed by atoms with Crippen LogP contribution in [0.3, 0.4) is 0 Å². The minimum Gasteiger partial charge on any atom is -0.480 e. The van der Waals surface area contributed by atoms with Crippen molar-refractivity contribution >= 4 is 5.97 Å². The summed E-state index contributed by atoms with van der Waals surface area (Å²) in [5, 5.41) is 18.2. The minimum absolute atomic E-state index is 0.0688. The first-order chi connectivity index (χ1) is 10.4. The van der Waals surface area contributed by atoms with Crippen LogP contribution in [-0.2, 0) is 4.79 Å². The Kier molecular flexibility index (Phi) is 4.13. The summed E-state index contributed by atoms with van der Waals surface area (Å²) >= 11 is 0. The molecule has 5 heteroatoms. The molecule has 1 atom stereocenters. The smallest absolute Gasteiger partial charge is 0.326 e. The Morgan fingerprint density at radius 1 is 1.23 bits per heavy atom. The average molecular weight is 296 g/mol. The Labute approximate surface area is 128 Å². The van der Waals surface area contributed by atoms with Crippen molar-refractivity contribution in [3.05, 3.63) is 57.4 Å². The zero-order valence-electron chi connectivity index (χ0n) is 12.6. The van der Waals surface area contributed by atoms with Gasteiger partial charge in [0.05, 0.1) is 5.69 Å². The molecule has 2 rings (SSSR count). The van der Waals surface area contributed by atoms with Crippen LogP contribution in [0.4, 0.5) is 0 Å². The fourth-order valence-corrected chi connectivity index (χ4v) is 2.27. The highest BCUT2D eigenvalue weighted by Gasteiger charge is 2.20. The summed E-state index contributed by atoms with van der Waals surface area (Å²) in [6, 6.07) is 9.45. The Hall–Kier alpha value is -2.87. The maximum absolute atomic E-state index is 12.4. The van der Waals surface area contributed by atoms with Crippen LogP contribution in [0.5, 0.6) is 0 Å². The molecule has 0 aliphatic carbocycles. The number of benzene rings is 1. The number of carboxylic acids is 1. The van der Waals surface area contributed by atoms with Crippen LogP contribution in [0.25, 0.3) is 11.3 Å². The fourth-order valence-electron chi connectivity index (χ4n) is 2.27. The predicted octanol–water partition coefficient (Wildman–Crippen LogP) is 2.65. The second-order valence-corrected chi connectivity index (χ2v) is 5.23. The van der Waals surface area contributed by atoms with E-state index in [1.54, 1.807) is 12.1 Å². The normalized spacial score (nSPS) is 11.7. The molecule has 5 nitrogen and oxygen atoms in total. The van der Waals surface area contributed by atoms with Gasteiger partial charge in [-0.3, -0.25) is 9.36 Å². The Balaban J connectivity index is 2.78. The lowest BCUT2D eigenvalue weighted by atomic mass is 10.0. The number of pyridine rings is 1. The Morgan fingerprint density at radius 3 is 2.45 bits per heavy atom. The van der Waals surface area contributed by atoms with E-state index < -0.39 is 17.6 Å². The number of carboxylic acid groups (broad SMARTS) is 1. The molecule has 0 fully saturated rings. The lowest BCUT2D eigenvalue weighted by molar-refractivity contribution is -0.140. The quantitative estimate of drug-likeness (QED) is 0.943. The zero-order chi connectivity index (χ0) is 16.4. The molecule has 1 aromatic carbocycles. The van der Waals surface area contributed by atoms with Crippen molar-refractivity contribution < 1.29 is 9.90 Å². The van der Waals surface area contributed by atoms with E-state index in [4.69, 9.17) is 5.26 Å². The molecule has 1 unspecified atom stereocenters. The third-order valence-corrected chi connectivity index (χ3v) is 3.78. The van der Waals surface area contributed by atoms with Gasteiger partial charge in [-0.05, 0) is 55.7 Å². The molecule has 2 aromatic rings. The number of hydrogen-bond donors (Lipinski definition) is 1. The largest absolute Gasteiger partial charge is 0.480 e. The number of aliphatic carboxylic acids is 1. The van der Waals surface area contributed by atoms with Crippen LogP contribution in [0.15, 0.2) is 35.1 Å². The maximum Gasteiger partial charge on any atom is 0.326 e. The summed E-state index contributed by atoms with van der Waals surface area (Å²) in [6.07, 6.45) is 0. The van der Waals surface area contributed by atoms with Crippen molar-refractivity contribution in [2.24, 2.45) is 0 Å². The van der Waals surface area contributed by atoms with Gasteiger partial charge in [-0.25, -0.2) is 4.79 Å². The number of aryl methyl sites for hydroxylation is 2. The molecule has 1 heterocycles. The van der Waals surface area contributed by atoms with E-state index >= 15 is 0 Å². The molecule has 22 heavy (non-hydrogen) atoms. The van der Waals surface area contributed by atoms with Gasteiger partial charge < -0.3 is 5.11 Å². The van der Waals surface area contributed by atoms with Crippen LogP contribution >= 0.6 is 0 Å². The van der Waals surface area contributed by atoms with E-state index in [1.165, 1.54) is 13.0 Å². The van der Waals surface area contributed by atoms with Crippen molar-refractivity contribution in [1.82, 2.24) is 4.57 Å². The molecule has 0 spiro atoms. The first-order valence-electron chi connectivity index (χ1n) is 6.83. The van der Waals surface area contributed by atoms with Gasteiger partial charge in [0.15, 0.2) is 0 Å². The predicted molar refractivity (Wildman–Crippen MR) is 82.7 cm³/mol. The minimum atomic E-state index is -1.12. The second kappa shape index (κ2) is 5.86. The van der Waals surface area contributed by atoms with Gasteiger partial charge in [-0.15, -0.1) is 0 Å². The molecule has 0 saturated heterocycles. The summed E-state index contributed by atoms with van der Waals surface area (Å²) < 4.78 is 1.16. The van der Waals surface area contributed by atoms with Crippen molar-refractivity contribution in [2.45, 2.75) is 26.8 Å². The van der Waals surface area contributed by atoms with Gasteiger partial charge in [0.1, 0.15) is 17.7 Å². The Morgan fingerprint density at radius 2 is 1.91 bits per heavy atom. The molecule has 112 valence electrons. The van der Waals surface area contributed by atoms with Crippen LogP contribution in [-0.4, -0.2) is 15.6 Å². The molecule has 0 bridgehead atoms. The van der Waals surface area contributed by atoms with Crippen molar-refractivity contribution in [3.63, 3.8) is 0 Å². The summed E-state index contributed by atoms with van der Waals surface area (Å²) in [5.41, 5.74) is 2.73. The molecular formula is C17H16N2O3. The summed E-state index contributed by atoms with van der Waals surface area (Å²) in [4.78, 5) is 23.7. The van der Waals surface area contributed by atoms with Crippen LogP contribution < -0.4 is 5.56 Å². The zero-order valence-corrected chi connectivity index (χ0v) is 12.6. The molecule has 0 radical (unpaired) electrons. The maximum atomic E-state index is 12.4. The molecular weight excluding hydrogens is 280 g/mol. The topological polar surface area (TPSA) is 83.1 Å². The van der Waals surface area contributed by atoms with Crippen molar-refractivity contribution in [1.29, 1.82) is 5.26 Å². The summed E-state index contributed by atoms with van der Waals surface area (Å²) in [7, 11) is 0. The average Bonchev–Trinajstić information content (AvgIpc) is 2.49. The molecule has 0 aliphatic rings. The molecule has 1 aromatic heterocycles. The van der Waals surface area contributed by atoms with Gasteiger partial charge in [0.25, 0.3) is 5.56 Å². The van der Waals surface area contributed by atoms with Gasteiger partial charge in [0.2, 0.25) is 0 Å². The fraction of sp³-hybridized carbons (Fsp3) is 0.235. The van der Waals surface area contributed by atoms with E-state index in [9.17, 15) is 14.7 Å². The van der Waals surface area contributed by atoms with E-state index in [2.05, 4.69) is 0 Å². The SMILES string of the molecule is Cc1ccc(-c2ccc(C#N)c(=O)n2C(C)C(=O)O)cc1C. The van der Waals surface area contributed by atoms with Crippen LogP contribution in [0.1, 0.15) is 29.7 Å². The number of aromatic nitrogens is 1. The Bertz CT molecular complexity index is 844. The third kappa shape index (κ3) is 2.63. The highest BCUT2D eigenvalue weighted by molar-refractivity contribution is 5.73. The van der Waals surface area contributed by atoms with E-state index in [-0.39, 0.29) is 5.56 Å². The monoisotopic (exact) mass is 296 g/mol. The first kappa shape index (κ1) is 15.5. The molecule has 0 saturated carbocycles. The van der Waals surface area contributed by atoms with E-state index in [1.807, 2.05) is 32.0 Å². The van der Waals surface area contributed by atoms with Gasteiger partial charge in [0, 0.05) is 0 Å². The number of hydrogen-bond acceptors (Lipinski definition) is 3. The first-order valence-corrected chi connectivity index (χ1v) is 6.83. The number of rotatable bonds is 3. The van der Waals surface area contributed by atoms with Gasteiger partial charge >= 0.3 is 5.97 Å². The van der Waals surface area contributed by atoms with E-state index in [0.29, 0.717) is 5.69 Å². The number of nitriles is 1. The number of nitrogens with zero attached hydrogens (tertiary/aromatic N) is 2. The highest BCUT2D eigenvalue weighted by Crippen LogP contribution is 2.24. The molecule has 0 amide bonds. The lowest BCUT2D eigenvalue weighted by Gasteiger charge is -2.17. The lowest BCUT2D eigenvalue weighted by Crippen LogP contribution is -2.30. The molecule has 0 aliphatic heterocycles. The standard InChI is InChI=1S/C17H16N2O3/c1-10-4-5-13(8-11(10)2)15-7-6-14(9-18)16(20)19(15)12(3)17(21)22/h4-8,12H,1-3H3,(H,21,22). The van der Waals surface area contributed by atoms with Crippen molar-refractivity contribution in [3.8, 4) is 17.3 Å². The summed E-state index contributed by atoms with van der Waals surface area (Å²) in [5.74, 6) is -1.12. The highest BCUT2D eigenvalue weighted by atomic mass is 16.4. The van der Waals surface area contributed by atoms with E-state index in [0.717, 1.165) is 21.3 Å². The van der Waals surface area contributed by atoms with Gasteiger partial charge in [-0.1, -0.05) is 12.1 Å². The number of carbonyl (C=O) groups is 1. The van der Waals surface area contributed by atoms with Crippen molar-refractivity contribution in [2.75, 3.05) is 0 Å². The van der Waals surface area contributed by atoms with Crippen LogP contribution in [0.2, 0.25) is 0 Å².